The SMILES string of the molecule is CC(C)[C@H](C)NC(=O)c1noc(-c2ccc(C(F)(F)F)cc2)c1CNC(C)(C)CN(C)C. The summed E-state index contributed by atoms with van der Waals surface area (Å²) in [5, 5.41) is 10.3. The third-order valence-corrected chi connectivity index (χ3v) is 5.29. The molecule has 0 radical (unpaired) electrons. The van der Waals surface area contributed by atoms with Crippen molar-refractivity contribution in [2.75, 3.05) is 20.6 Å². The Bertz CT molecular complexity index is 903. The summed E-state index contributed by atoms with van der Waals surface area (Å²) in [6.07, 6.45) is -4.43. The van der Waals surface area contributed by atoms with Crippen LogP contribution < -0.4 is 10.6 Å². The molecule has 0 saturated heterocycles. The van der Waals surface area contributed by atoms with Gasteiger partial charge in [0.15, 0.2) is 11.5 Å². The lowest BCUT2D eigenvalue weighted by Gasteiger charge is -2.29. The molecule has 0 spiro atoms. The van der Waals surface area contributed by atoms with Crippen LogP contribution in [0.3, 0.4) is 0 Å². The second-order valence-electron chi connectivity index (χ2n) is 9.40. The molecule has 6 nitrogen and oxygen atoms in total. The maximum absolute atomic E-state index is 13.0. The quantitative estimate of drug-likeness (QED) is 0.581. The van der Waals surface area contributed by atoms with Crippen LogP contribution in [-0.4, -0.2) is 48.2 Å². The average molecular weight is 455 g/mol. The highest BCUT2D eigenvalue weighted by Crippen LogP contribution is 2.33. The molecule has 1 aromatic heterocycles. The van der Waals surface area contributed by atoms with Crippen LogP contribution in [0.1, 0.15) is 56.2 Å². The van der Waals surface area contributed by atoms with Crippen molar-refractivity contribution in [3.8, 4) is 11.3 Å². The van der Waals surface area contributed by atoms with Gasteiger partial charge in [-0.15, -0.1) is 0 Å². The molecular weight excluding hydrogens is 421 g/mol. The Kier molecular flexibility index (Phi) is 8.12. The summed E-state index contributed by atoms with van der Waals surface area (Å²) in [6, 6.07) is 4.56. The monoisotopic (exact) mass is 454 g/mol. The van der Waals surface area contributed by atoms with Crippen LogP contribution >= 0.6 is 0 Å². The topological polar surface area (TPSA) is 70.4 Å². The summed E-state index contributed by atoms with van der Waals surface area (Å²) >= 11 is 0. The first-order valence-corrected chi connectivity index (χ1v) is 10.6. The van der Waals surface area contributed by atoms with Crippen molar-refractivity contribution >= 4 is 5.91 Å². The number of rotatable bonds is 9. The Morgan fingerprint density at radius 1 is 1.12 bits per heavy atom. The van der Waals surface area contributed by atoms with Crippen molar-refractivity contribution in [1.82, 2.24) is 20.7 Å². The third kappa shape index (κ3) is 6.80. The second kappa shape index (κ2) is 10.0. The van der Waals surface area contributed by atoms with Gasteiger partial charge in [-0.3, -0.25) is 4.79 Å². The molecule has 0 aliphatic rings. The lowest BCUT2D eigenvalue weighted by atomic mass is 10.0. The molecule has 178 valence electrons. The fourth-order valence-corrected chi connectivity index (χ4v) is 3.30. The predicted octanol–water partition coefficient (Wildman–Crippen LogP) is 4.56. The molecule has 0 aliphatic carbocycles. The second-order valence-corrected chi connectivity index (χ2v) is 9.40. The summed E-state index contributed by atoms with van der Waals surface area (Å²) in [7, 11) is 3.92. The zero-order valence-electron chi connectivity index (χ0n) is 19.7. The number of carbonyl (C=O) groups excluding carboxylic acids is 1. The molecule has 0 saturated carbocycles. The van der Waals surface area contributed by atoms with Crippen LogP contribution in [0.4, 0.5) is 13.2 Å². The lowest BCUT2D eigenvalue weighted by molar-refractivity contribution is -0.137. The molecule has 1 atom stereocenters. The van der Waals surface area contributed by atoms with Gasteiger partial charge >= 0.3 is 6.18 Å². The van der Waals surface area contributed by atoms with Gasteiger partial charge in [0, 0.05) is 35.8 Å². The minimum Gasteiger partial charge on any atom is -0.355 e. The molecule has 2 aromatic rings. The van der Waals surface area contributed by atoms with Crippen molar-refractivity contribution in [3.05, 3.63) is 41.1 Å². The number of hydrogen-bond donors (Lipinski definition) is 2. The van der Waals surface area contributed by atoms with Crippen LogP contribution in [0.25, 0.3) is 11.3 Å². The first-order valence-electron chi connectivity index (χ1n) is 10.6. The summed E-state index contributed by atoms with van der Waals surface area (Å²) in [5.74, 6) is 0.116. The van der Waals surface area contributed by atoms with Gasteiger partial charge in [-0.25, -0.2) is 0 Å². The summed E-state index contributed by atoms with van der Waals surface area (Å²) in [6.45, 7) is 10.9. The van der Waals surface area contributed by atoms with Gasteiger partial charge in [-0.2, -0.15) is 13.2 Å². The van der Waals surface area contributed by atoms with E-state index < -0.39 is 11.7 Å². The molecule has 2 N–H and O–H groups in total. The molecule has 1 heterocycles. The van der Waals surface area contributed by atoms with Crippen molar-refractivity contribution < 1.29 is 22.5 Å². The number of amides is 1. The van der Waals surface area contributed by atoms with Gasteiger partial charge in [-0.1, -0.05) is 31.1 Å². The fraction of sp³-hybridized carbons (Fsp3) is 0.565. The largest absolute Gasteiger partial charge is 0.416 e. The van der Waals surface area contributed by atoms with E-state index in [1.165, 1.54) is 12.1 Å². The number of halogens is 3. The van der Waals surface area contributed by atoms with E-state index in [0.29, 0.717) is 11.1 Å². The Hall–Kier alpha value is -2.39. The summed E-state index contributed by atoms with van der Waals surface area (Å²) in [4.78, 5) is 14.9. The van der Waals surface area contributed by atoms with E-state index in [1.807, 2.05) is 53.6 Å². The average Bonchev–Trinajstić information content (AvgIpc) is 3.08. The number of nitrogens with zero attached hydrogens (tertiary/aromatic N) is 2. The number of benzene rings is 1. The standard InChI is InChI=1S/C23H33F3N4O2/c1-14(2)15(3)28-21(31)19-18(12-27-22(4,5)13-30(6)7)20(32-29-19)16-8-10-17(11-9-16)23(24,25)26/h8-11,14-15,27H,12-13H2,1-7H3,(H,28,31)/t15-/m0/s1. The van der Waals surface area contributed by atoms with Crippen LogP contribution in [0.5, 0.6) is 0 Å². The van der Waals surface area contributed by atoms with E-state index in [0.717, 1.165) is 18.7 Å². The Labute approximate surface area is 187 Å². The molecule has 2 rings (SSSR count). The van der Waals surface area contributed by atoms with Gasteiger partial charge in [-0.05, 0) is 52.9 Å². The highest BCUT2D eigenvalue weighted by molar-refractivity contribution is 5.95. The maximum atomic E-state index is 13.0. The van der Waals surface area contributed by atoms with Crippen LogP contribution in [0.15, 0.2) is 28.8 Å². The van der Waals surface area contributed by atoms with Crippen molar-refractivity contribution in [2.24, 2.45) is 5.92 Å². The number of carbonyl (C=O) groups is 1. The van der Waals surface area contributed by atoms with Crippen LogP contribution in [0.2, 0.25) is 0 Å². The molecule has 0 bridgehead atoms. The Morgan fingerprint density at radius 2 is 1.72 bits per heavy atom. The van der Waals surface area contributed by atoms with E-state index in [2.05, 4.69) is 15.8 Å². The molecule has 0 aliphatic heterocycles. The van der Waals surface area contributed by atoms with E-state index in [1.54, 1.807) is 0 Å². The molecule has 1 aromatic carbocycles. The van der Waals surface area contributed by atoms with Crippen molar-refractivity contribution in [1.29, 1.82) is 0 Å². The van der Waals surface area contributed by atoms with E-state index in [-0.39, 0.29) is 41.4 Å². The number of alkyl halides is 3. The van der Waals surface area contributed by atoms with Gasteiger partial charge in [0.2, 0.25) is 0 Å². The van der Waals surface area contributed by atoms with Crippen molar-refractivity contribution in [2.45, 2.75) is 58.9 Å². The molecule has 32 heavy (non-hydrogen) atoms. The first kappa shape index (κ1) is 25.9. The number of aromatic nitrogens is 1. The summed E-state index contributed by atoms with van der Waals surface area (Å²) < 4.78 is 44.3. The highest BCUT2D eigenvalue weighted by atomic mass is 19.4. The highest BCUT2D eigenvalue weighted by Gasteiger charge is 2.31. The molecule has 0 fully saturated rings. The van der Waals surface area contributed by atoms with Gasteiger partial charge in [0.25, 0.3) is 5.91 Å². The summed E-state index contributed by atoms with van der Waals surface area (Å²) in [5.41, 5.74) is 0.00232. The molecule has 1 amide bonds. The molecular formula is C23H33F3N4O2. The number of hydrogen-bond acceptors (Lipinski definition) is 5. The lowest BCUT2D eigenvalue weighted by Crippen LogP contribution is -2.47. The van der Waals surface area contributed by atoms with E-state index in [9.17, 15) is 18.0 Å². The number of nitrogens with one attached hydrogen (secondary N) is 2. The van der Waals surface area contributed by atoms with Crippen molar-refractivity contribution in [3.63, 3.8) is 0 Å². The normalized spacial score (nSPS) is 13.6. The predicted molar refractivity (Wildman–Crippen MR) is 118 cm³/mol. The maximum Gasteiger partial charge on any atom is 0.416 e. The van der Waals surface area contributed by atoms with Gasteiger partial charge in [0.05, 0.1) is 5.56 Å². The minimum absolute atomic E-state index is 0.0836. The zero-order chi connectivity index (χ0) is 24.3. The van der Waals surface area contributed by atoms with Crippen LogP contribution in [-0.2, 0) is 12.7 Å². The smallest absolute Gasteiger partial charge is 0.355 e. The third-order valence-electron chi connectivity index (χ3n) is 5.29. The fourth-order valence-electron chi connectivity index (χ4n) is 3.30. The Balaban J connectivity index is 2.41. The van der Waals surface area contributed by atoms with E-state index in [4.69, 9.17) is 4.52 Å². The van der Waals surface area contributed by atoms with Gasteiger partial charge in [0.1, 0.15) is 0 Å². The van der Waals surface area contributed by atoms with Crippen LogP contribution in [0, 0.1) is 5.92 Å². The zero-order valence-corrected chi connectivity index (χ0v) is 19.7. The van der Waals surface area contributed by atoms with Gasteiger partial charge < -0.3 is 20.1 Å². The first-order chi connectivity index (χ1) is 14.7. The minimum atomic E-state index is -4.43. The Morgan fingerprint density at radius 3 is 2.22 bits per heavy atom. The molecule has 0 unspecified atom stereocenters. The molecule has 9 heteroatoms. The van der Waals surface area contributed by atoms with E-state index >= 15 is 0 Å². The number of likely N-dealkylation sites (N-methyl/N-ethyl adjacent to an activating group) is 1.